The number of hydrogen-bond donors (Lipinski definition) is 0. The molecule has 0 amide bonds. The van der Waals surface area contributed by atoms with Gasteiger partial charge in [0, 0.05) is 18.4 Å². The van der Waals surface area contributed by atoms with E-state index < -0.39 is 0 Å². The van der Waals surface area contributed by atoms with E-state index in [0.29, 0.717) is 29.7 Å². The minimum atomic E-state index is -0.328. The predicted octanol–water partition coefficient (Wildman–Crippen LogP) is 2.71. The summed E-state index contributed by atoms with van der Waals surface area (Å²) in [5, 5.41) is 0.623. The molecule has 1 aromatic carbocycles. The summed E-state index contributed by atoms with van der Waals surface area (Å²) >= 11 is 0. The van der Waals surface area contributed by atoms with Crippen molar-refractivity contribution in [2.24, 2.45) is 0 Å². The van der Waals surface area contributed by atoms with Crippen LogP contribution in [0.2, 0.25) is 0 Å². The van der Waals surface area contributed by atoms with Crippen LogP contribution in [0.1, 0.15) is 17.0 Å². The van der Waals surface area contributed by atoms with E-state index in [0.717, 1.165) is 0 Å². The quantitative estimate of drug-likeness (QED) is 0.764. The number of halogens is 1. The van der Waals surface area contributed by atoms with Crippen LogP contribution in [-0.4, -0.2) is 31.3 Å². The highest BCUT2D eigenvalue weighted by Crippen LogP contribution is 2.21. The fourth-order valence-electron chi connectivity index (χ4n) is 1.60. The highest BCUT2D eigenvalue weighted by Gasteiger charge is 2.12. The summed E-state index contributed by atoms with van der Waals surface area (Å²) in [5.41, 5.74) is 0.541. The maximum absolute atomic E-state index is 13.0. The van der Waals surface area contributed by atoms with Gasteiger partial charge in [-0.25, -0.2) is 4.39 Å². The number of hydrogen-bond acceptors (Lipinski definition) is 3. The zero-order valence-electron chi connectivity index (χ0n) is 9.87. The van der Waals surface area contributed by atoms with E-state index in [1.165, 1.54) is 18.2 Å². The maximum Gasteiger partial charge on any atom is 0.199 e. The van der Waals surface area contributed by atoms with E-state index in [4.69, 9.17) is 4.42 Å². The summed E-state index contributed by atoms with van der Waals surface area (Å²) < 4.78 is 18.4. The second kappa shape index (κ2) is 4.67. The van der Waals surface area contributed by atoms with Gasteiger partial charge in [0.15, 0.2) is 11.5 Å². The highest BCUT2D eigenvalue weighted by atomic mass is 19.1. The van der Waals surface area contributed by atoms with Gasteiger partial charge in [-0.2, -0.15) is 0 Å². The molecule has 2 rings (SSSR count). The number of rotatable bonds is 4. The number of fused-ring (bicyclic) bond motifs is 1. The van der Waals surface area contributed by atoms with Crippen LogP contribution >= 0.6 is 0 Å². The Kier molecular flexibility index (Phi) is 3.24. The van der Waals surface area contributed by atoms with Crippen molar-refractivity contribution in [3.8, 4) is 0 Å². The number of nitrogens with zero attached hydrogens (tertiary/aromatic N) is 1. The Morgan fingerprint density at radius 1 is 1.35 bits per heavy atom. The number of furan rings is 1. The van der Waals surface area contributed by atoms with Crippen molar-refractivity contribution in [2.75, 3.05) is 20.6 Å². The van der Waals surface area contributed by atoms with Crippen LogP contribution in [0.3, 0.4) is 0 Å². The number of ketones is 1. The van der Waals surface area contributed by atoms with Gasteiger partial charge in [0.25, 0.3) is 0 Å². The summed E-state index contributed by atoms with van der Waals surface area (Å²) in [6, 6.07) is 5.81. The Bertz CT molecular complexity index is 545. The number of Topliss-reactive ketones (excluding diaryl/α,β-unsaturated/α-hetero) is 1. The average molecular weight is 235 g/mol. The number of benzene rings is 1. The van der Waals surface area contributed by atoms with E-state index in [2.05, 4.69) is 0 Å². The summed E-state index contributed by atoms with van der Waals surface area (Å²) in [4.78, 5) is 13.7. The molecule has 0 aliphatic heterocycles. The molecule has 0 atom stereocenters. The fraction of sp³-hybridized carbons (Fsp3) is 0.308. The molecule has 0 saturated carbocycles. The summed E-state index contributed by atoms with van der Waals surface area (Å²) in [6.45, 7) is 0.671. The maximum atomic E-state index is 13.0. The molecule has 0 spiro atoms. The first-order chi connectivity index (χ1) is 8.06. The smallest absolute Gasteiger partial charge is 0.199 e. The SMILES string of the molecule is CN(C)CCC(=O)c1cc2cc(F)ccc2o1. The van der Waals surface area contributed by atoms with Gasteiger partial charge in [0.1, 0.15) is 11.4 Å². The Balaban J connectivity index is 2.21. The number of carbonyl (C=O) groups excluding carboxylic acids is 1. The molecule has 90 valence electrons. The molecule has 0 aliphatic rings. The minimum absolute atomic E-state index is 0.0599. The Hall–Kier alpha value is -1.68. The van der Waals surface area contributed by atoms with Gasteiger partial charge >= 0.3 is 0 Å². The zero-order chi connectivity index (χ0) is 12.4. The van der Waals surface area contributed by atoms with Crippen LogP contribution in [0.15, 0.2) is 28.7 Å². The largest absolute Gasteiger partial charge is 0.453 e. The molecule has 0 fully saturated rings. The second-order valence-corrected chi connectivity index (χ2v) is 4.27. The first-order valence-electron chi connectivity index (χ1n) is 5.43. The van der Waals surface area contributed by atoms with Gasteiger partial charge in [-0.05, 0) is 38.4 Å². The van der Waals surface area contributed by atoms with E-state index in [1.807, 2.05) is 19.0 Å². The highest BCUT2D eigenvalue weighted by molar-refractivity contribution is 5.97. The molecular weight excluding hydrogens is 221 g/mol. The normalized spacial score (nSPS) is 11.3. The molecular formula is C13H14FNO2. The standard InChI is InChI=1S/C13H14FNO2/c1-15(2)6-5-11(16)13-8-9-7-10(14)3-4-12(9)17-13/h3-4,7-8H,5-6H2,1-2H3. The first-order valence-corrected chi connectivity index (χ1v) is 5.43. The van der Waals surface area contributed by atoms with Crippen LogP contribution in [0.25, 0.3) is 11.0 Å². The van der Waals surface area contributed by atoms with Crippen molar-refractivity contribution in [3.05, 3.63) is 35.8 Å². The predicted molar refractivity (Wildman–Crippen MR) is 63.7 cm³/mol. The van der Waals surface area contributed by atoms with Gasteiger partial charge in [0.2, 0.25) is 0 Å². The third-order valence-corrected chi connectivity index (χ3v) is 2.54. The van der Waals surface area contributed by atoms with Crippen molar-refractivity contribution in [2.45, 2.75) is 6.42 Å². The zero-order valence-corrected chi connectivity index (χ0v) is 9.87. The third-order valence-electron chi connectivity index (χ3n) is 2.54. The lowest BCUT2D eigenvalue weighted by atomic mass is 10.2. The third kappa shape index (κ3) is 2.71. The molecule has 0 unspecified atom stereocenters. The van der Waals surface area contributed by atoms with Crippen LogP contribution in [0.5, 0.6) is 0 Å². The second-order valence-electron chi connectivity index (χ2n) is 4.27. The summed E-state index contributed by atoms with van der Waals surface area (Å²) in [6.07, 6.45) is 0.398. The molecule has 0 aliphatic carbocycles. The fourth-order valence-corrected chi connectivity index (χ4v) is 1.60. The van der Waals surface area contributed by atoms with E-state index in [1.54, 1.807) is 6.07 Å². The molecule has 1 heterocycles. The van der Waals surface area contributed by atoms with Crippen molar-refractivity contribution in [1.29, 1.82) is 0 Å². The van der Waals surface area contributed by atoms with E-state index >= 15 is 0 Å². The summed E-state index contributed by atoms with van der Waals surface area (Å²) in [5.74, 6) is -0.0895. The lowest BCUT2D eigenvalue weighted by Gasteiger charge is -2.06. The monoisotopic (exact) mass is 235 g/mol. The number of carbonyl (C=O) groups is 1. The molecule has 0 N–H and O–H groups in total. The van der Waals surface area contributed by atoms with Gasteiger partial charge in [-0.15, -0.1) is 0 Å². The Morgan fingerprint density at radius 3 is 2.82 bits per heavy atom. The molecule has 1 aromatic heterocycles. The lowest BCUT2D eigenvalue weighted by molar-refractivity contribution is 0.0947. The molecule has 17 heavy (non-hydrogen) atoms. The molecule has 0 saturated heterocycles. The molecule has 0 bridgehead atoms. The van der Waals surface area contributed by atoms with Crippen molar-refractivity contribution in [1.82, 2.24) is 4.90 Å². The van der Waals surface area contributed by atoms with Crippen molar-refractivity contribution >= 4 is 16.8 Å². The molecule has 0 radical (unpaired) electrons. The Labute approximate surface area is 98.8 Å². The minimum Gasteiger partial charge on any atom is -0.453 e. The van der Waals surface area contributed by atoms with Crippen LogP contribution < -0.4 is 0 Å². The first kappa shape index (κ1) is 11.8. The lowest BCUT2D eigenvalue weighted by Crippen LogP contribution is -2.16. The van der Waals surface area contributed by atoms with Gasteiger partial charge in [-0.3, -0.25) is 4.79 Å². The average Bonchev–Trinajstić information content (AvgIpc) is 2.68. The van der Waals surface area contributed by atoms with Gasteiger partial charge < -0.3 is 9.32 Å². The Morgan fingerprint density at radius 2 is 2.12 bits per heavy atom. The molecule has 2 aromatic rings. The van der Waals surface area contributed by atoms with Crippen LogP contribution in [-0.2, 0) is 0 Å². The van der Waals surface area contributed by atoms with Crippen LogP contribution in [0.4, 0.5) is 4.39 Å². The topological polar surface area (TPSA) is 33.5 Å². The van der Waals surface area contributed by atoms with E-state index in [9.17, 15) is 9.18 Å². The van der Waals surface area contributed by atoms with Gasteiger partial charge in [-0.1, -0.05) is 0 Å². The van der Waals surface area contributed by atoms with Crippen molar-refractivity contribution in [3.63, 3.8) is 0 Å². The molecule has 3 nitrogen and oxygen atoms in total. The van der Waals surface area contributed by atoms with Gasteiger partial charge in [0.05, 0.1) is 0 Å². The van der Waals surface area contributed by atoms with E-state index in [-0.39, 0.29) is 11.6 Å². The summed E-state index contributed by atoms with van der Waals surface area (Å²) in [7, 11) is 3.81. The van der Waals surface area contributed by atoms with Crippen molar-refractivity contribution < 1.29 is 13.6 Å². The molecule has 4 heteroatoms. The van der Waals surface area contributed by atoms with Crippen LogP contribution in [0, 0.1) is 5.82 Å².